The molecular weight excluding hydrogens is 483 g/mol. The zero-order chi connectivity index (χ0) is 26.8. The summed E-state index contributed by atoms with van der Waals surface area (Å²) in [4.78, 5) is 13.0. The Morgan fingerprint density at radius 1 is 0.838 bits per heavy atom. The molecule has 190 valence electrons. The number of benzene rings is 3. The summed E-state index contributed by atoms with van der Waals surface area (Å²) in [6.45, 7) is 4.14. The van der Waals surface area contributed by atoms with Crippen LogP contribution in [0.2, 0.25) is 0 Å². The lowest BCUT2D eigenvalue weighted by molar-refractivity contribution is -0.669. The maximum absolute atomic E-state index is 13.0. The molecule has 0 saturated carbocycles. The fraction of sp³-hybridized carbons (Fsp3) is 0.107. The molecule has 37 heavy (non-hydrogen) atoms. The molecule has 1 aromatic heterocycles. The highest BCUT2D eigenvalue weighted by molar-refractivity contribution is 6.50. The number of pyridine rings is 1. The fourth-order valence-corrected chi connectivity index (χ4v) is 3.45. The Labute approximate surface area is 213 Å². The van der Waals surface area contributed by atoms with E-state index in [1.807, 2.05) is 97.9 Å². The van der Waals surface area contributed by atoms with E-state index in [2.05, 4.69) is 6.07 Å². The molecule has 3 aromatic carbocycles. The van der Waals surface area contributed by atoms with Crippen LogP contribution in [0.1, 0.15) is 28.5 Å². The van der Waals surface area contributed by atoms with E-state index in [1.165, 1.54) is 5.56 Å². The van der Waals surface area contributed by atoms with Gasteiger partial charge in [-0.1, -0.05) is 78.4 Å². The summed E-state index contributed by atoms with van der Waals surface area (Å²) >= 11 is 0. The summed E-state index contributed by atoms with van der Waals surface area (Å²) in [5, 5.41) is 4.71. The first kappa shape index (κ1) is 27.3. The number of hydrogen-bond acceptors (Lipinski definition) is 3. The van der Waals surface area contributed by atoms with E-state index in [4.69, 9.17) is 9.84 Å². The summed E-state index contributed by atoms with van der Waals surface area (Å²) in [7, 11) is -6.00. The molecule has 0 unspecified atom stereocenters. The van der Waals surface area contributed by atoms with Gasteiger partial charge in [0.25, 0.3) is 0 Å². The standard InChI is InChI=1S/C28H25N2O2.BF4/c1-3-32-28(31)27-19-25(23-10-6-4-7-11-23)18-26(24-12-8-5-9-13-24)30(27)29-20-22-16-14-21(2)15-17-22;2-1(3,4)5/h4-20H,3H2,1-2H3;/q+1;-1/b29-20+;. The van der Waals surface area contributed by atoms with Crippen molar-refractivity contribution < 1.29 is 31.5 Å². The Kier molecular flexibility index (Phi) is 9.32. The predicted molar refractivity (Wildman–Crippen MR) is 138 cm³/mol. The normalized spacial score (nSPS) is 11.1. The van der Waals surface area contributed by atoms with Crippen LogP contribution in [0.25, 0.3) is 22.4 Å². The second kappa shape index (κ2) is 12.6. The third kappa shape index (κ3) is 8.42. The number of carbonyl (C=O) groups is 1. The lowest BCUT2D eigenvalue weighted by atomic mass is 10.0. The Hall–Kier alpha value is -4.27. The molecule has 0 amide bonds. The van der Waals surface area contributed by atoms with Crippen LogP contribution in [0.5, 0.6) is 0 Å². The first-order chi connectivity index (χ1) is 17.7. The molecule has 0 radical (unpaired) electrons. The number of rotatable bonds is 6. The number of nitrogens with zero attached hydrogens (tertiary/aromatic N) is 2. The quantitative estimate of drug-likeness (QED) is 0.0928. The summed E-state index contributed by atoms with van der Waals surface area (Å²) < 4.78 is 46.1. The minimum atomic E-state index is -6.00. The molecule has 0 fully saturated rings. The minimum absolute atomic E-state index is 0.288. The number of ether oxygens (including phenoxy) is 1. The Morgan fingerprint density at radius 2 is 1.38 bits per heavy atom. The first-order valence-electron chi connectivity index (χ1n) is 11.5. The molecule has 0 saturated heterocycles. The van der Waals surface area contributed by atoms with E-state index in [0.29, 0.717) is 5.69 Å². The van der Waals surface area contributed by atoms with Gasteiger partial charge in [0.05, 0.1) is 6.61 Å². The molecule has 0 atom stereocenters. The molecule has 0 bridgehead atoms. The van der Waals surface area contributed by atoms with E-state index in [-0.39, 0.29) is 6.61 Å². The number of halogens is 4. The molecule has 4 rings (SSSR count). The average molecular weight is 508 g/mol. The van der Waals surface area contributed by atoms with Crippen molar-refractivity contribution in [3.8, 4) is 22.4 Å². The second-order valence-electron chi connectivity index (χ2n) is 7.93. The van der Waals surface area contributed by atoms with Crippen LogP contribution >= 0.6 is 0 Å². The molecule has 0 aliphatic rings. The van der Waals surface area contributed by atoms with Gasteiger partial charge in [0.15, 0.2) is 0 Å². The van der Waals surface area contributed by atoms with Crippen LogP contribution in [0.4, 0.5) is 17.3 Å². The van der Waals surface area contributed by atoms with Crippen molar-refractivity contribution in [2.24, 2.45) is 5.10 Å². The maximum atomic E-state index is 13.0. The lowest BCUT2D eigenvalue weighted by Gasteiger charge is -2.08. The van der Waals surface area contributed by atoms with E-state index in [1.54, 1.807) is 17.8 Å². The van der Waals surface area contributed by atoms with Gasteiger partial charge in [-0.25, -0.2) is 4.79 Å². The zero-order valence-electron chi connectivity index (χ0n) is 20.3. The number of aryl methyl sites for hydroxylation is 1. The van der Waals surface area contributed by atoms with Crippen LogP contribution in [0.15, 0.2) is 102 Å². The SMILES string of the molecule is CCOC(=O)c1cc(-c2ccccc2)cc(-c2ccccc2)[n+]1/N=C/c1ccc(C)cc1.F[B-](F)(F)F. The third-order valence-corrected chi connectivity index (χ3v) is 5.10. The van der Waals surface area contributed by atoms with Crippen molar-refractivity contribution in [1.29, 1.82) is 0 Å². The van der Waals surface area contributed by atoms with E-state index < -0.39 is 13.2 Å². The highest BCUT2D eigenvalue weighted by atomic mass is 19.5. The summed E-state index contributed by atoms with van der Waals surface area (Å²) in [6.07, 6.45) is 1.76. The van der Waals surface area contributed by atoms with Gasteiger partial charge in [-0.3, -0.25) is 0 Å². The van der Waals surface area contributed by atoms with Gasteiger partial charge in [-0.05, 0) is 52.4 Å². The van der Waals surface area contributed by atoms with Gasteiger partial charge in [0.2, 0.25) is 5.69 Å². The van der Waals surface area contributed by atoms with Gasteiger partial charge in [0.1, 0.15) is 6.21 Å². The Balaban J connectivity index is 0.000000695. The molecule has 4 nitrogen and oxygen atoms in total. The highest BCUT2D eigenvalue weighted by Crippen LogP contribution is 2.25. The van der Waals surface area contributed by atoms with Gasteiger partial charge in [0, 0.05) is 17.7 Å². The van der Waals surface area contributed by atoms with Crippen molar-refractivity contribution in [2.45, 2.75) is 13.8 Å². The molecule has 0 aliphatic heterocycles. The Morgan fingerprint density at radius 3 is 1.92 bits per heavy atom. The smallest absolute Gasteiger partial charge is 0.458 e. The topological polar surface area (TPSA) is 42.5 Å². The van der Waals surface area contributed by atoms with Gasteiger partial charge in [-0.2, -0.15) is 0 Å². The molecule has 0 spiro atoms. The van der Waals surface area contributed by atoms with Crippen molar-refractivity contribution in [1.82, 2.24) is 0 Å². The predicted octanol–water partition coefficient (Wildman–Crippen LogP) is 6.98. The summed E-state index contributed by atoms with van der Waals surface area (Å²) in [6, 6.07) is 31.9. The lowest BCUT2D eigenvalue weighted by Crippen LogP contribution is -2.39. The highest BCUT2D eigenvalue weighted by Gasteiger charge is 2.28. The molecule has 4 aromatic rings. The van der Waals surface area contributed by atoms with Crippen molar-refractivity contribution >= 4 is 19.4 Å². The van der Waals surface area contributed by atoms with Crippen molar-refractivity contribution in [3.63, 3.8) is 0 Å². The molecular formula is C28H25BF4N2O2. The van der Waals surface area contributed by atoms with Gasteiger partial charge in [-0.15, -0.1) is 0 Å². The summed E-state index contributed by atoms with van der Waals surface area (Å²) in [5.74, 6) is -0.413. The Bertz CT molecular complexity index is 1340. The maximum Gasteiger partial charge on any atom is 0.673 e. The average Bonchev–Trinajstić information content (AvgIpc) is 2.88. The molecule has 9 heteroatoms. The number of carbonyl (C=O) groups excluding carboxylic acids is 1. The van der Waals surface area contributed by atoms with Crippen LogP contribution in [0, 0.1) is 6.92 Å². The van der Waals surface area contributed by atoms with Crippen molar-refractivity contribution in [2.75, 3.05) is 6.61 Å². The largest absolute Gasteiger partial charge is 0.673 e. The van der Waals surface area contributed by atoms with Gasteiger partial charge >= 0.3 is 18.9 Å². The molecule has 0 N–H and O–H groups in total. The fourth-order valence-electron chi connectivity index (χ4n) is 3.45. The second-order valence-corrected chi connectivity index (χ2v) is 7.93. The monoisotopic (exact) mass is 508 g/mol. The van der Waals surface area contributed by atoms with Crippen LogP contribution in [-0.4, -0.2) is 26.0 Å². The third-order valence-electron chi connectivity index (χ3n) is 5.10. The molecule has 0 aliphatic carbocycles. The first-order valence-corrected chi connectivity index (χ1v) is 11.5. The van der Waals surface area contributed by atoms with Crippen LogP contribution in [-0.2, 0) is 4.74 Å². The summed E-state index contributed by atoms with van der Waals surface area (Å²) in [5.41, 5.74) is 6.20. The minimum Gasteiger partial charge on any atom is -0.458 e. The van der Waals surface area contributed by atoms with Crippen molar-refractivity contribution in [3.05, 3.63) is 114 Å². The number of hydrogen-bond donors (Lipinski definition) is 0. The van der Waals surface area contributed by atoms with E-state index in [0.717, 1.165) is 27.9 Å². The molecule has 1 heterocycles. The van der Waals surface area contributed by atoms with E-state index in [9.17, 15) is 22.1 Å². The van der Waals surface area contributed by atoms with E-state index >= 15 is 0 Å². The number of aromatic nitrogens is 1. The van der Waals surface area contributed by atoms with Gasteiger partial charge < -0.3 is 22.0 Å². The van der Waals surface area contributed by atoms with Crippen LogP contribution in [0.3, 0.4) is 0 Å². The zero-order valence-corrected chi connectivity index (χ0v) is 20.3. The number of esters is 1. The van der Waals surface area contributed by atoms with Crippen LogP contribution < -0.4 is 4.68 Å².